The molecular weight excluding hydrogens is 398 g/mol. The quantitative estimate of drug-likeness (QED) is 0.420. The van der Waals surface area contributed by atoms with Crippen molar-refractivity contribution in [1.29, 1.82) is 5.26 Å². The number of benzene rings is 2. The minimum Gasteiger partial charge on any atom is -0.497 e. The Bertz CT molecular complexity index is 1040. The van der Waals surface area contributed by atoms with E-state index in [1.54, 1.807) is 59.5 Å². The second-order valence-corrected chi connectivity index (χ2v) is 6.76. The zero-order valence-corrected chi connectivity index (χ0v) is 17.0. The van der Waals surface area contributed by atoms with Gasteiger partial charge >= 0.3 is 5.97 Å². The van der Waals surface area contributed by atoms with Gasteiger partial charge in [0.1, 0.15) is 17.4 Å². The summed E-state index contributed by atoms with van der Waals surface area (Å²) < 4.78 is 10.0. The normalized spacial score (nSPS) is 13.5. The minimum absolute atomic E-state index is 0.0830. The molecule has 0 atom stereocenters. The van der Waals surface area contributed by atoms with E-state index >= 15 is 0 Å². The molecule has 1 fully saturated rings. The highest BCUT2D eigenvalue weighted by atomic mass is 16.5. The summed E-state index contributed by atoms with van der Waals surface area (Å²) >= 11 is 0. The Morgan fingerprint density at radius 1 is 1.16 bits per heavy atom. The summed E-state index contributed by atoms with van der Waals surface area (Å²) in [5.74, 6) is -0.703. The summed E-state index contributed by atoms with van der Waals surface area (Å²) in [4.78, 5) is 37.7. The summed E-state index contributed by atoms with van der Waals surface area (Å²) in [6.45, 7) is 0.151. The van der Waals surface area contributed by atoms with Crippen LogP contribution in [0.15, 0.2) is 54.1 Å². The number of carbonyl (C=O) groups excluding carboxylic acids is 3. The first-order valence-electron chi connectivity index (χ1n) is 9.63. The monoisotopic (exact) mass is 419 g/mol. The van der Waals surface area contributed by atoms with Crippen LogP contribution in [0.4, 0.5) is 11.4 Å². The van der Waals surface area contributed by atoms with Crippen LogP contribution < -0.4 is 15.0 Å². The van der Waals surface area contributed by atoms with Gasteiger partial charge in [-0.3, -0.25) is 9.59 Å². The molecular formula is C23H21N3O5. The zero-order valence-electron chi connectivity index (χ0n) is 17.0. The summed E-state index contributed by atoms with van der Waals surface area (Å²) in [5.41, 5.74) is 1.67. The van der Waals surface area contributed by atoms with Gasteiger partial charge in [-0.15, -0.1) is 0 Å². The lowest BCUT2D eigenvalue weighted by Gasteiger charge is -2.16. The maximum absolute atomic E-state index is 12.1. The van der Waals surface area contributed by atoms with Crippen molar-refractivity contribution in [1.82, 2.24) is 0 Å². The first kappa shape index (κ1) is 21.6. The molecule has 8 heteroatoms. The molecule has 0 bridgehead atoms. The number of amides is 2. The van der Waals surface area contributed by atoms with Crippen LogP contribution in [0.1, 0.15) is 18.4 Å². The standard InChI is InChI=1S/C23H21N3O5/c1-30-20-10-4-16(5-11-20)13-17(14-24)23(29)31-15-21(27)25-18-6-8-19(9-7-18)26-12-2-3-22(26)28/h4-11,13H,2-3,12,15H2,1H3,(H,25,27)/b17-13+. The fraction of sp³-hybridized carbons (Fsp3) is 0.217. The van der Waals surface area contributed by atoms with Gasteiger partial charge in [0, 0.05) is 24.3 Å². The molecule has 0 aromatic heterocycles. The van der Waals surface area contributed by atoms with E-state index < -0.39 is 18.5 Å². The van der Waals surface area contributed by atoms with E-state index in [0.29, 0.717) is 30.0 Å². The fourth-order valence-corrected chi connectivity index (χ4v) is 3.06. The van der Waals surface area contributed by atoms with Gasteiger partial charge in [-0.05, 0) is 54.5 Å². The van der Waals surface area contributed by atoms with Crippen LogP contribution in [0, 0.1) is 11.3 Å². The predicted molar refractivity (Wildman–Crippen MR) is 114 cm³/mol. The molecule has 3 rings (SSSR count). The highest BCUT2D eigenvalue weighted by Gasteiger charge is 2.21. The van der Waals surface area contributed by atoms with E-state index in [4.69, 9.17) is 9.47 Å². The third kappa shape index (κ3) is 5.70. The molecule has 0 radical (unpaired) electrons. The average Bonchev–Trinajstić information content (AvgIpc) is 3.22. The van der Waals surface area contributed by atoms with E-state index in [1.165, 1.54) is 13.2 Å². The largest absolute Gasteiger partial charge is 0.497 e. The predicted octanol–water partition coefficient (Wildman–Crippen LogP) is 2.91. The van der Waals surface area contributed by atoms with Crippen molar-refractivity contribution in [3.8, 4) is 11.8 Å². The fourth-order valence-electron chi connectivity index (χ4n) is 3.06. The number of carbonyl (C=O) groups is 3. The maximum atomic E-state index is 12.1. The van der Waals surface area contributed by atoms with E-state index in [0.717, 1.165) is 12.1 Å². The first-order chi connectivity index (χ1) is 15.0. The second kappa shape index (κ2) is 10.1. The van der Waals surface area contributed by atoms with Gasteiger partial charge < -0.3 is 19.7 Å². The molecule has 2 amide bonds. The van der Waals surface area contributed by atoms with Crippen LogP contribution in [-0.2, 0) is 19.1 Å². The lowest BCUT2D eigenvalue weighted by atomic mass is 10.1. The number of nitriles is 1. The smallest absolute Gasteiger partial charge is 0.349 e. The molecule has 1 heterocycles. The van der Waals surface area contributed by atoms with Gasteiger partial charge in [-0.1, -0.05) is 12.1 Å². The minimum atomic E-state index is -0.892. The topological polar surface area (TPSA) is 109 Å². The number of nitrogens with one attached hydrogen (secondary N) is 1. The number of nitrogens with zero attached hydrogens (tertiary/aromatic N) is 2. The van der Waals surface area contributed by atoms with Gasteiger partial charge in [-0.2, -0.15) is 5.26 Å². The van der Waals surface area contributed by atoms with Gasteiger partial charge in [0.25, 0.3) is 5.91 Å². The van der Waals surface area contributed by atoms with E-state index in [1.807, 2.05) is 0 Å². The molecule has 0 spiro atoms. The van der Waals surface area contributed by atoms with Crippen LogP contribution in [-0.4, -0.2) is 38.0 Å². The Morgan fingerprint density at radius 3 is 2.45 bits per heavy atom. The molecule has 1 N–H and O–H groups in total. The molecule has 8 nitrogen and oxygen atoms in total. The lowest BCUT2D eigenvalue weighted by molar-refractivity contribution is -0.142. The Balaban J connectivity index is 1.53. The molecule has 0 aliphatic carbocycles. The Hall–Kier alpha value is -4.12. The van der Waals surface area contributed by atoms with Crippen LogP contribution in [0.25, 0.3) is 6.08 Å². The van der Waals surface area contributed by atoms with Gasteiger partial charge in [0.05, 0.1) is 7.11 Å². The molecule has 0 saturated carbocycles. The van der Waals surface area contributed by atoms with Gasteiger partial charge in [0.2, 0.25) is 5.91 Å². The van der Waals surface area contributed by atoms with Crippen molar-refractivity contribution in [2.24, 2.45) is 0 Å². The van der Waals surface area contributed by atoms with Crippen molar-refractivity contribution in [2.75, 3.05) is 30.5 Å². The zero-order chi connectivity index (χ0) is 22.2. The average molecular weight is 419 g/mol. The van der Waals surface area contributed by atoms with Gasteiger partial charge in [-0.25, -0.2) is 4.79 Å². The van der Waals surface area contributed by atoms with E-state index in [9.17, 15) is 19.6 Å². The number of methoxy groups -OCH3 is 1. The van der Waals surface area contributed by atoms with Crippen molar-refractivity contribution >= 4 is 35.2 Å². The number of hydrogen-bond acceptors (Lipinski definition) is 6. The molecule has 1 aliphatic heterocycles. The lowest BCUT2D eigenvalue weighted by Crippen LogP contribution is -2.24. The van der Waals surface area contributed by atoms with Crippen LogP contribution >= 0.6 is 0 Å². The molecule has 2 aromatic rings. The molecule has 158 valence electrons. The van der Waals surface area contributed by atoms with Crippen LogP contribution in [0.5, 0.6) is 5.75 Å². The van der Waals surface area contributed by atoms with Gasteiger partial charge in [0.15, 0.2) is 6.61 Å². The van der Waals surface area contributed by atoms with E-state index in [-0.39, 0.29) is 11.5 Å². The van der Waals surface area contributed by atoms with Crippen molar-refractivity contribution in [3.05, 3.63) is 59.7 Å². The Morgan fingerprint density at radius 2 is 1.87 bits per heavy atom. The maximum Gasteiger partial charge on any atom is 0.349 e. The molecule has 1 saturated heterocycles. The SMILES string of the molecule is COc1ccc(/C=C(\C#N)C(=O)OCC(=O)Nc2ccc(N3CCCC3=O)cc2)cc1. The number of hydrogen-bond donors (Lipinski definition) is 1. The molecule has 31 heavy (non-hydrogen) atoms. The molecule has 2 aromatic carbocycles. The van der Waals surface area contributed by atoms with Crippen molar-refractivity contribution in [2.45, 2.75) is 12.8 Å². The summed E-state index contributed by atoms with van der Waals surface area (Å²) in [7, 11) is 1.54. The second-order valence-electron chi connectivity index (χ2n) is 6.76. The van der Waals surface area contributed by atoms with Crippen LogP contribution in [0.3, 0.4) is 0 Å². The first-order valence-corrected chi connectivity index (χ1v) is 9.63. The summed E-state index contributed by atoms with van der Waals surface area (Å²) in [6, 6.07) is 15.4. The van der Waals surface area contributed by atoms with Crippen molar-refractivity contribution < 1.29 is 23.9 Å². The summed E-state index contributed by atoms with van der Waals surface area (Å²) in [6.07, 6.45) is 2.75. The third-order valence-corrected chi connectivity index (χ3v) is 4.64. The highest BCUT2D eigenvalue weighted by molar-refractivity contribution is 6.00. The van der Waals surface area contributed by atoms with Crippen LogP contribution in [0.2, 0.25) is 0 Å². The number of ether oxygens (including phenoxy) is 2. The molecule has 0 unspecified atom stereocenters. The third-order valence-electron chi connectivity index (χ3n) is 4.64. The highest BCUT2D eigenvalue weighted by Crippen LogP contribution is 2.23. The number of rotatable bonds is 7. The Kier molecular flexibility index (Phi) is 7.01. The molecule has 1 aliphatic rings. The van der Waals surface area contributed by atoms with E-state index in [2.05, 4.69) is 5.32 Å². The summed E-state index contributed by atoms with van der Waals surface area (Å²) in [5, 5.41) is 11.8. The Labute approximate surface area is 179 Å². The van der Waals surface area contributed by atoms with Crippen molar-refractivity contribution in [3.63, 3.8) is 0 Å². The number of esters is 1. The number of anilines is 2.